The van der Waals surface area contributed by atoms with Gasteiger partial charge in [0.25, 0.3) is 0 Å². The fourth-order valence-electron chi connectivity index (χ4n) is 1.63. The van der Waals surface area contributed by atoms with Crippen molar-refractivity contribution < 1.29 is 0 Å². The number of halogens is 1. The molecule has 78 valence electrons. The number of unbranched alkanes of at least 4 members (excludes halogenated alkanes) is 1. The molecule has 1 aromatic carbocycles. The molecular formula is C12H18ClN. The highest BCUT2D eigenvalue weighted by Crippen LogP contribution is 2.23. The van der Waals surface area contributed by atoms with Crippen LogP contribution < -0.4 is 5.73 Å². The summed E-state index contributed by atoms with van der Waals surface area (Å²) < 4.78 is 0. The van der Waals surface area contributed by atoms with Gasteiger partial charge in [0.15, 0.2) is 0 Å². The van der Waals surface area contributed by atoms with E-state index in [0.717, 1.165) is 11.4 Å². The van der Waals surface area contributed by atoms with Crippen LogP contribution in [0.5, 0.6) is 0 Å². The van der Waals surface area contributed by atoms with Crippen LogP contribution in [0.25, 0.3) is 0 Å². The largest absolute Gasteiger partial charge is 0.324 e. The van der Waals surface area contributed by atoms with Gasteiger partial charge < -0.3 is 5.73 Å². The van der Waals surface area contributed by atoms with Gasteiger partial charge in [0.05, 0.1) is 0 Å². The van der Waals surface area contributed by atoms with E-state index >= 15 is 0 Å². The molecule has 1 nitrogen and oxygen atoms in total. The maximum absolute atomic E-state index is 6.09. The monoisotopic (exact) mass is 211 g/mol. The second-order valence-electron chi connectivity index (χ2n) is 3.75. The smallest absolute Gasteiger partial charge is 0.0408 e. The molecule has 0 amide bonds. The minimum absolute atomic E-state index is 0.159. The van der Waals surface area contributed by atoms with E-state index in [-0.39, 0.29) is 6.04 Å². The summed E-state index contributed by atoms with van der Waals surface area (Å²) in [6, 6.07) is 6.09. The van der Waals surface area contributed by atoms with E-state index in [4.69, 9.17) is 17.3 Å². The van der Waals surface area contributed by atoms with Crippen LogP contribution in [0.1, 0.15) is 43.4 Å². The molecule has 2 N–H and O–H groups in total. The molecular weight excluding hydrogens is 194 g/mol. The van der Waals surface area contributed by atoms with Crippen LogP contribution in [0.4, 0.5) is 0 Å². The third-order valence-corrected chi connectivity index (χ3v) is 2.74. The van der Waals surface area contributed by atoms with Crippen LogP contribution in [0.15, 0.2) is 18.2 Å². The molecule has 1 aromatic rings. The van der Waals surface area contributed by atoms with E-state index in [9.17, 15) is 0 Å². The van der Waals surface area contributed by atoms with Gasteiger partial charge in [-0.2, -0.15) is 0 Å². The number of benzene rings is 1. The Hall–Kier alpha value is -0.530. The van der Waals surface area contributed by atoms with Gasteiger partial charge in [-0.3, -0.25) is 0 Å². The molecule has 0 saturated carbocycles. The summed E-state index contributed by atoms with van der Waals surface area (Å²) >= 11 is 5.89. The van der Waals surface area contributed by atoms with E-state index in [2.05, 4.69) is 13.8 Å². The zero-order valence-corrected chi connectivity index (χ0v) is 9.64. The minimum atomic E-state index is 0.159. The fourth-order valence-corrected chi connectivity index (χ4v) is 1.86. The molecule has 0 aromatic heterocycles. The second-order valence-corrected chi connectivity index (χ2v) is 4.19. The van der Waals surface area contributed by atoms with E-state index in [1.165, 1.54) is 24.0 Å². The quantitative estimate of drug-likeness (QED) is 0.805. The average Bonchev–Trinajstić information content (AvgIpc) is 2.14. The van der Waals surface area contributed by atoms with Crippen LogP contribution in [-0.2, 0) is 0 Å². The highest BCUT2D eigenvalue weighted by molar-refractivity contribution is 6.30. The molecule has 1 rings (SSSR count). The van der Waals surface area contributed by atoms with Crippen molar-refractivity contribution in [3.63, 3.8) is 0 Å². The Labute approximate surface area is 91.3 Å². The molecule has 0 aliphatic carbocycles. The maximum atomic E-state index is 6.09. The molecule has 2 heteroatoms. The molecule has 0 aliphatic rings. The zero-order valence-electron chi connectivity index (χ0n) is 8.89. The van der Waals surface area contributed by atoms with Crippen molar-refractivity contribution in [2.24, 2.45) is 5.73 Å². The predicted octanol–water partition coefficient (Wildman–Crippen LogP) is 3.84. The zero-order chi connectivity index (χ0) is 10.6. The van der Waals surface area contributed by atoms with E-state index in [0.29, 0.717) is 0 Å². The first kappa shape index (κ1) is 11.5. The van der Waals surface area contributed by atoms with Crippen molar-refractivity contribution in [2.45, 2.75) is 39.2 Å². The average molecular weight is 212 g/mol. The Morgan fingerprint density at radius 3 is 2.71 bits per heavy atom. The first-order chi connectivity index (χ1) is 6.65. The Morgan fingerprint density at radius 2 is 2.14 bits per heavy atom. The number of hydrogen-bond acceptors (Lipinski definition) is 1. The molecule has 0 unspecified atom stereocenters. The molecule has 0 aliphatic heterocycles. The van der Waals surface area contributed by atoms with Gasteiger partial charge in [0.2, 0.25) is 0 Å². The van der Waals surface area contributed by atoms with Crippen molar-refractivity contribution in [2.75, 3.05) is 0 Å². The molecule has 0 bridgehead atoms. The molecule has 0 saturated heterocycles. The van der Waals surface area contributed by atoms with Gasteiger partial charge in [-0.05, 0) is 36.6 Å². The predicted molar refractivity (Wildman–Crippen MR) is 62.6 cm³/mol. The number of nitrogens with two attached hydrogens (primary N) is 1. The number of rotatable bonds is 4. The van der Waals surface area contributed by atoms with Gasteiger partial charge >= 0.3 is 0 Å². The summed E-state index contributed by atoms with van der Waals surface area (Å²) in [5, 5.41) is 0.786. The molecule has 1 atom stereocenters. The fraction of sp³-hybridized carbons (Fsp3) is 0.500. The van der Waals surface area contributed by atoms with Gasteiger partial charge in [0, 0.05) is 11.1 Å². The summed E-state index contributed by atoms with van der Waals surface area (Å²) in [5.74, 6) is 0. The lowest BCUT2D eigenvalue weighted by atomic mass is 9.98. The van der Waals surface area contributed by atoms with Gasteiger partial charge in [0.1, 0.15) is 0 Å². The molecule has 0 fully saturated rings. The third kappa shape index (κ3) is 3.00. The Balaban J connectivity index is 2.74. The molecule has 0 radical (unpaired) electrons. The maximum Gasteiger partial charge on any atom is 0.0408 e. The highest BCUT2D eigenvalue weighted by atomic mass is 35.5. The lowest BCUT2D eigenvalue weighted by molar-refractivity contribution is 0.601. The van der Waals surface area contributed by atoms with Gasteiger partial charge in [-0.15, -0.1) is 0 Å². The lowest BCUT2D eigenvalue weighted by Crippen LogP contribution is -2.11. The highest BCUT2D eigenvalue weighted by Gasteiger charge is 2.08. The van der Waals surface area contributed by atoms with Gasteiger partial charge in [-0.25, -0.2) is 0 Å². The Kier molecular flexibility index (Phi) is 4.43. The van der Waals surface area contributed by atoms with E-state index < -0.39 is 0 Å². The summed E-state index contributed by atoms with van der Waals surface area (Å²) in [7, 11) is 0. The van der Waals surface area contributed by atoms with Crippen molar-refractivity contribution in [3.8, 4) is 0 Å². The van der Waals surface area contributed by atoms with E-state index in [1.807, 2.05) is 18.2 Å². The Morgan fingerprint density at radius 1 is 1.43 bits per heavy atom. The van der Waals surface area contributed by atoms with Gasteiger partial charge in [-0.1, -0.05) is 37.4 Å². The second kappa shape index (κ2) is 5.38. The SMILES string of the molecule is CCCC[C@@H](N)c1ccc(Cl)cc1C. The number of hydrogen-bond donors (Lipinski definition) is 1. The summed E-state index contributed by atoms with van der Waals surface area (Å²) in [6.45, 7) is 4.24. The van der Waals surface area contributed by atoms with Crippen LogP contribution in [0, 0.1) is 6.92 Å². The first-order valence-corrected chi connectivity index (χ1v) is 5.54. The van der Waals surface area contributed by atoms with Crippen LogP contribution in [-0.4, -0.2) is 0 Å². The first-order valence-electron chi connectivity index (χ1n) is 5.16. The van der Waals surface area contributed by atoms with Crippen molar-refractivity contribution in [1.29, 1.82) is 0 Å². The van der Waals surface area contributed by atoms with E-state index in [1.54, 1.807) is 0 Å². The topological polar surface area (TPSA) is 26.0 Å². The standard InChI is InChI=1S/C12H18ClN/c1-3-4-5-12(14)11-7-6-10(13)8-9(11)2/h6-8,12H,3-5,14H2,1-2H3/t12-/m1/s1. The third-order valence-electron chi connectivity index (χ3n) is 2.50. The van der Waals surface area contributed by atoms with Crippen LogP contribution in [0.2, 0.25) is 5.02 Å². The summed E-state index contributed by atoms with van der Waals surface area (Å²) in [6.07, 6.45) is 3.43. The minimum Gasteiger partial charge on any atom is -0.324 e. The number of aryl methyl sites for hydroxylation is 1. The normalized spacial score (nSPS) is 12.9. The molecule has 0 heterocycles. The molecule has 0 spiro atoms. The van der Waals surface area contributed by atoms with Crippen LogP contribution >= 0.6 is 11.6 Å². The van der Waals surface area contributed by atoms with Crippen molar-refractivity contribution in [1.82, 2.24) is 0 Å². The van der Waals surface area contributed by atoms with Crippen molar-refractivity contribution in [3.05, 3.63) is 34.3 Å². The van der Waals surface area contributed by atoms with Crippen LogP contribution in [0.3, 0.4) is 0 Å². The molecule has 14 heavy (non-hydrogen) atoms. The lowest BCUT2D eigenvalue weighted by Gasteiger charge is -2.14. The summed E-state index contributed by atoms with van der Waals surface area (Å²) in [4.78, 5) is 0. The summed E-state index contributed by atoms with van der Waals surface area (Å²) in [5.41, 5.74) is 8.51. The van der Waals surface area contributed by atoms with Crippen molar-refractivity contribution >= 4 is 11.6 Å². The Bertz CT molecular complexity index is 296.